The Labute approximate surface area is 126 Å². The van der Waals surface area contributed by atoms with Gasteiger partial charge in [0.05, 0.1) is 20.1 Å². The van der Waals surface area contributed by atoms with E-state index in [2.05, 4.69) is 15.2 Å². The molecule has 1 fully saturated rings. The van der Waals surface area contributed by atoms with E-state index >= 15 is 0 Å². The Morgan fingerprint density at radius 2 is 2.10 bits per heavy atom. The molecule has 1 N–H and O–H groups in total. The molecule has 2 aliphatic rings. The molecule has 1 radical (unpaired) electrons. The fourth-order valence-corrected chi connectivity index (χ4v) is 2.78. The third kappa shape index (κ3) is 3.47. The summed E-state index contributed by atoms with van der Waals surface area (Å²) in [5.41, 5.74) is 2.01. The Bertz CT molecular complexity index is 510. The van der Waals surface area contributed by atoms with Crippen LogP contribution in [0.5, 0.6) is 11.5 Å². The largest absolute Gasteiger partial charge is 0.493 e. The molecule has 113 valence electrons. The van der Waals surface area contributed by atoms with Crippen LogP contribution in [0.4, 0.5) is 5.69 Å². The summed E-state index contributed by atoms with van der Waals surface area (Å²) in [7, 11) is 1.67. The maximum Gasteiger partial charge on any atom is 0.163 e. The van der Waals surface area contributed by atoms with E-state index in [4.69, 9.17) is 9.47 Å². The second kappa shape index (κ2) is 6.80. The van der Waals surface area contributed by atoms with Crippen LogP contribution in [0, 0.1) is 6.54 Å². The Kier molecular flexibility index (Phi) is 4.60. The molecule has 1 saturated heterocycles. The van der Waals surface area contributed by atoms with Crippen molar-refractivity contribution in [2.24, 2.45) is 4.99 Å². The Morgan fingerprint density at radius 3 is 2.90 bits per heavy atom. The minimum atomic E-state index is 0.712. The standard InChI is InChI=1S/C16H22N3O2/c1-20-15-9-13-11-17-12-18-14(13)10-16(15)21-8-4-7-19-5-2-3-6-19/h9-12H,2-8H2,1H3,(H,17,18). The molecule has 0 spiro atoms. The van der Waals surface area contributed by atoms with Gasteiger partial charge in [-0.15, -0.1) is 0 Å². The molecule has 5 heteroatoms. The number of methoxy groups -OCH3 is 1. The van der Waals surface area contributed by atoms with Crippen LogP contribution in [0.2, 0.25) is 0 Å². The number of aliphatic imine (C=N–C) groups is 1. The van der Waals surface area contributed by atoms with Crippen LogP contribution >= 0.6 is 0 Å². The van der Waals surface area contributed by atoms with Crippen LogP contribution < -0.4 is 14.8 Å². The summed E-state index contributed by atoms with van der Waals surface area (Å²) in [5, 5.41) is 3.12. The van der Waals surface area contributed by atoms with Gasteiger partial charge in [-0.05, 0) is 38.4 Å². The van der Waals surface area contributed by atoms with Gasteiger partial charge in [0.25, 0.3) is 0 Å². The topological polar surface area (TPSA) is 46.1 Å². The third-order valence-electron chi connectivity index (χ3n) is 3.92. The Hall–Kier alpha value is -1.75. The van der Waals surface area contributed by atoms with Crippen molar-refractivity contribution in [1.29, 1.82) is 0 Å². The van der Waals surface area contributed by atoms with Gasteiger partial charge < -0.3 is 19.7 Å². The lowest BCUT2D eigenvalue weighted by molar-refractivity contribution is 0.254. The number of ether oxygens (including phenoxy) is 2. The minimum absolute atomic E-state index is 0.712. The van der Waals surface area contributed by atoms with E-state index in [1.54, 1.807) is 13.4 Å². The number of nitrogens with one attached hydrogen (secondary N) is 1. The van der Waals surface area contributed by atoms with Gasteiger partial charge in [-0.2, -0.15) is 0 Å². The fourth-order valence-electron chi connectivity index (χ4n) is 2.78. The summed E-state index contributed by atoms with van der Waals surface area (Å²) in [4.78, 5) is 6.58. The van der Waals surface area contributed by atoms with Crippen LogP contribution in [-0.2, 0) is 0 Å². The van der Waals surface area contributed by atoms with Crippen molar-refractivity contribution in [2.45, 2.75) is 19.3 Å². The zero-order valence-electron chi connectivity index (χ0n) is 12.5. The van der Waals surface area contributed by atoms with Gasteiger partial charge >= 0.3 is 0 Å². The molecule has 0 saturated carbocycles. The molecule has 0 bridgehead atoms. The van der Waals surface area contributed by atoms with Gasteiger partial charge in [-0.25, -0.2) is 0 Å². The van der Waals surface area contributed by atoms with Gasteiger partial charge in [0, 0.05) is 23.9 Å². The van der Waals surface area contributed by atoms with Gasteiger partial charge in [0.1, 0.15) is 6.54 Å². The third-order valence-corrected chi connectivity index (χ3v) is 3.92. The molecule has 0 atom stereocenters. The van der Waals surface area contributed by atoms with Crippen molar-refractivity contribution in [2.75, 3.05) is 38.7 Å². The van der Waals surface area contributed by atoms with E-state index in [1.807, 2.05) is 18.7 Å². The first kappa shape index (κ1) is 14.2. The van der Waals surface area contributed by atoms with Crippen LogP contribution in [-0.4, -0.2) is 44.6 Å². The predicted octanol–water partition coefficient (Wildman–Crippen LogP) is 2.52. The fraction of sp³-hybridized carbons (Fsp3) is 0.500. The zero-order valence-corrected chi connectivity index (χ0v) is 12.5. The number of anilines is 1. The highest BCUT2D eigenvalue weighted by Crippen LogP contribution is 2.35. The van der Waals surface area contributed by atoms with E-state index < -0.39 is 0 Å². The average molecular weight is 288 g/mol. The molecule has 21 heavy (non-hydrogen) atoms. The highest BCUT2D eigenvalue weighted by Gasteiger charge is 2.14. The smallest absolute Gasteiger partial charge is 0.163 e. The van der Waals surface area contributed by atoms with E-state index in [0.717, 1.165) is 35.7 Å². The minimum Gasteiger partial charge on any atom is -0.493 e. The molecule has 1 aromatic rings. The normalized spacial score (nSPS) is 17.4. The second-order valence-corrected chi connectivity index (χ2v) is 5.39. The summed E-state index contributed by atoms with van der Waals surface area (Å²) < 4.78 is 11.3. The quantitative estimate of drug-likeness (QED) is 0.817. The van der Waals surface area contributed by atoms with E-state index in [1.165, 1.54) is 25.9 Å². The number of benzene rings is 1. The Balaban J connectivity index is 1.56. The van der Waals surface area contributed by atoms with Crippen LogP contribution in [0.15, 0.2) is 17.1 Å². The first-order valence-electron chi connectivity index (χ1n) is 7.55. The first-order valence-corrected chi connectivity index (χ1v) is 7.55. The van der Waals surface area contributed by atoms with Gasteiger partial charge in [0.15, 0.2) is 11.5 Å². The summed E-state index contributed by atoms with van der Waals surface area (Å²) in [6.07, 6.45) is 5.39. The number of likely N-dealkylation sites (tertiary alicyclic amines) is 1. The summed E-state index contributed by atoms with van der Waals surface area (Å²) in [5.74, 6) is 1.54. The zero-order chi connectivity index (χ0) is 14.5. The highest BCUT2D eigenvalue weighted by molar-refractivity contribution is 5.82. The molecule has 0 amide bonds. The van der Waals surface area contributed by atoms with Gasteiger partial charge in [-0.3, -0.25) is 4.99 Å². The van der Waals surface area contributed by atoms with E-state index in [0.29, 0.717) is 6.61 Å². The van der Waals surface area contributed by atoms with Crippen LogP contribution in [0.25, 0.3) is 0 Å². The van der Waals surface area contributed by atoms with Crippen molar-refractivity contribution in [3.63, 3.8) is 0 Å². The molecule has 0 aliphatic carbocycles. The predicted molar refractivity (Wildman–Crippen MR) is 84.3 cm³/mol. The lowest BCUT2D eigenvalue weighted by Crippen LogP contribution is -2.22. The summed E-state index contributed by atoms with van der Waals surface area (Å²) in [6, 6.07) is 3.93. The van der Waals surface area contributed by atoms with Crippen molar-refractivity contribution >= 4 is 12.0 Å². The molecular formula is C16H22N3O2. The summed E-state index contributed by atoms with van der Waals surface area (Å²) in [6.45, 7) is 6.11. The second-order valence-electron chi connectivity index (χ2n) is 5.39. The average Bonchev–Trinajstić information content (AvgIpc) is 3.04. The molecule has 2 aliphatic heterocycles. The van der Waals surface area contributed by atoms with Crippen LogP contribution in [0.1, 0.15) is 24.8 Å². The lowest BCUT2D eigenvalue weighted by atomic mass is 10.1. The lowest BCUT2D eigenvalue weighted by Gasteiger charge is -2.18. The molecule has 5 nitrogen and oxygen atoms in total. The number of hydrogen-bond acceptors (Lipinski definition) is 5. The van der Waals surface area contributed by atoms with Gasteiger partial charge in [-0.1, -0.05) is 0 Å². The molecular weight excluding hydrogens is 266 g/mol. The Morgan fingerprint density at radius 1 is 1.24 bits per heavy atom. The number of nitrogens with zero attached hydrogens (tertiary/aromatic N) is 2. The van der Waals surface area contributed by atoms with E-state index in [9.17, 15) is 0 Å². The van der Waals surface area contributed by atoms with Crippen molar-refractivity contribution < 1.29 is 9.47 Å². The SMILES string of the molecule is COc1cc2c(cc1OCCCN1CCCC1)NC=N[CH]2. The monoisotopic (exact) mass is 288 g/mol. The maximum absolute atomic E-state index is 5.90. The van der Waals surface area contributed by atoms with E-state index in [-0.39, 0.29) is 0 Å². The number of rotatable bonds is 6. The van der Waals surface area contributed by atoms with Gasteiger partial charge in [0.2, 0.25) is 0 Å². The maximum atomic E-state index is 5.90. The van der Waals surface area contributed by atoms with Crippen LogP contribution in [0.3, 0.4) is 0 Å². The highest BCUT2D eigenvalue weighted by atomic mass is 16.5. The first-order chi connectivity index (χ1) is 10.4. The molecule has 0 aromatic heterocycles. The van der Waals surface area contributed by atoms with Crippen molar-refractivity contribution in [3.05, 3.63) is 24.2 Å². The number of hydrogen-bond donors (Lipinski definition) is 1. The van der Waals surface area contributed by atoms with Crippen molar-refractivity contribution in [1.82, 2.24) is 4.90 Å². The molecule has 1 aromatic carbocycles. The van der Waals surface area contributed by atoms with Crippen molar-refractivity contribution in [3.8, 4) is 11.5 Å². The number of fused-ring (bicyclic) bond motifs is 1. The molecule has 0 unspecified atom stereocenters. The molecule has 2 heterocycles. The summed E-state index contributed by atoms with van der Waals surface area (Å²) >= 11 is 0. The molecule has 3 rings (SSSR count).